The van der Waals surface area contributed by atoms with Gasteiger partial charge in [0.1, 0.15) is 5.60 Å². The second kappa shape index (κ2) is 5.94. The van der Waals surface area contributed by atoms with E-state index >= 15 is 0 Å². The maximum atomic E-state index is 13.0. The first-order valence-electron chi connectivity index (χ1n) is 7.79. The number of pyridine rings is 1. The summed E-state index contributed by atoms with van der Waals surface area (Å²) in [6, 6.07) is 9.64. The molecule has 1 saturated carbocycles. The van der Waals surface area contributed by atoms with E-state index in [2.05, 4.69) is 4.98 Å². The summed E-state index contributed by atoms with van der Waals surface area (Å²) < 4.78 is 5.93. The summed E-state index contributed by atoms with van der Waals surface area (Å²) in [5.41, 5.74) is 1.05. The molecule has 0 bridgehead atoms. The highest BCUT2D eigenvalue weighted by molar-refractivity contribution is 6.04. The SMILES string of the molecule is CCOC1(C(=O)c2ccc3ncccc3c2)CCCCC1. The van der Waals surface area contributed by atoms with E-state index in [0.717, 1.165) is 42.1 Å². The molecule has 1 aliphatic rings. The van der Waals surface area contributed by atoms with Crippen LogP contribution in [-0.2, 0) is 4.74 Å². The molecular weight excluding hydrogens is 262 g/mol. The number of ketones is 1. The Labute approximate surface area is 125 Å². The van der Waals surface area contributed by atoms with Crippen LogP contribution in [0.5, 0.6) is 0 Å². The van der Waals surface area contributed by atoms with Crippen molar-refractivity contribution in [3.8, 4) is 0 Å². The second-order valence-corrected chi connectivity index (χ2v) is 5.73. The van der Waals surface area contributed by atoms with Crippen molar-refractivity contribution in [2.75, 3.05) is 6.61 Å². The van der Waals surface area contributed by atoms with Crippen LogP contribution in [0.15, 0.2) is 36.5 Å². The van der Waals surface area contributed by atoms with Gasteiger partial charge < -0.3 is 4.74 Å². The van der Waals surface area contributed by atoms with Crippen LogP contribution in [0, 0.1) is 0 Å². The van der Waals surface area contributed by atoms with Gasteiger partial charge in [-0.1, -0.05) is 25.3 Å². The average Bonchev–Trinajstić information content (AvgIpc) is 2.55. The third-order valence-corrected chi connectivity index (χ3v) is 4.36. The van der Waals surface area contributed by atoms with E-state index in [9.17, 15) is 4.79 Å². The van der Waals surface area contributed by atoms with Gasteiger partial charge in [-0.25, -0.2) is 0 Å². The number of fused-ring (bicyclic) bond motifs is 1. The number of rotatable bonds is 4. The molecule has 0 N–H and O–H groups in total. The maximum Gasteiger partial charge on any atom is 0.194 e. The zero-order valence-electron chi connectivity index (χ0n) is 12.5. The van der Waals surface area contributed by atoms with Crippen molar-refractivity contribution in [1.29, 1.82) is 0 Å². The van der Waals surface area contributed by atoms with E-state index in [-0.39, 0.29) is 5.78 Å². The van der Waals surface area contributed by atoms with Crippen molar-refractivity contribution < 1.29 is 9.53 Å². The Hall–Kier alpha value is -1.74. The van der Waals surface area contributed by atoms with Crippen LogP contribution in [-0.4, -0.2) is 23.0 Å². The van der Waals surface area contributed by atoms with Crippen LogP contribution in [0.25, 0.3) is 10.9 Å². The Morgan fingerprint density at radius 2 is 2.05 bits per heavy atom. The number of hydrogen-bond donors (Lipinski definition) is 0. The fraction of sp³-hybridized carbons (Fsp3) is 0.444. The summed E-state index contributed by atoms with van der Waals surface area (Å²) in [6.07, 6.45) is 6.79. The van der Waals surface area contributed by atoms with Crippen LogP contribution in [0.2, 0.25) is 0 Å². The largest absolute Gasteiger partial charge is 0.367 e. The molecule has 1 aromatic carbocycles. The number of aromatic nitrogens is 1. The first kappa shape index (κ1) is 14.2. The summed E-state index contributed by atoms with van der Waals surface area (Å²) in [5.74, 6) is 0.134. The van der Waals surface area contributed by atoms with Gasteiger partial charge in [0, 0.05) is 23.8 Å². The van der Waals surface area contributed by atoms with Crippen molar-refractivity contribution in [3.05, 3.63) is 42.1 Å². The third kappa shape index (κ3) is 2.70. The van der Waals surface area contributed by atoms with Gasteiger partial charge in [-0.2, -0.15) is 0 Å². The molecule has 1 fully saturated rings. The lowest BCUT2D eigenvalue weighted by molar-refractivity contribution is -0.0410. The zero-order chi connectivity index (χ0) is 14.7. The average molecular weight is 283 g/mol. The molecule has 0 unspecified atom stereocenters. The predicted molar refractivity (Wildman–Crippen MR) is 83.5 cm³/mol. The highest BCUT2D eigenvalue weighted by atomic mass is 16.5. The summed E-state index contributed by atoms with van der Waals surface area (Å²) in [7, 11) is 0. The lowest BCUT2D eigenvalue weighted by Crippen LogP contribution is -2.43. The standard InChI is InChI=1S/C18H21NO2/c1-2-21-18(10-4-3-5-11-18)17(20)15-8-9-16-14(13-15)7-6-12-19-16/h6-9,12-13H,2-5,10-11H2,1H3. The van der Waals surface area contributed by atoms with Crippen molar-refractivity contribution in [2.24, 2.45) is 0 Å². The van der Waals surface area contributed by atoms with Crippen molar-refractivity contribution in [2.45, 2.75) is 44.6 Å². The fourth-order valence-electron chi connectivity index (χ4n) is 3.32. The van der Waals surface area contributed by atoms with Crippen molar-refractivity contribution >= 4 is 16.7 Å². The van der Waals surface area contributed by atoms with Gasteiger partial charge in [0.25, 0.3) is 0 Å². The first-order valence-corrected chi connectivity index (χ1v) is 7.79. The van der Waals surface area contributed by atoms with E-state index in [0.29, 0.717) is 6.61 Å². The first-order chi connectivity index (χ1) is 10.2. The second-order valence-electron chi connectivity index (χ2n) is 5.73. The monoisotopic (exact) mass is 283 g/mol. The van der Waals surface area contributed by atoms with E-state index in [1.807, 2.05) is 37.3 Å². The molecule has 0 spiro atoms. The molecule has 3 rings (SSSR count). The van der Waals surface area contributed by atoms with Gasteiger partial charge >= 0.3 is 0 Å². The summed E-state index contributed by atoms with van der Waals surface area (Å²) >= 11 is 0. The molecule has 3 heteroatoms. The van der Waals surface area contributed by atoms with Gasteiger partial charge in [0.05, 0.1) is 5.52 Å². The molecule has 2 aromatic rings. The normalized spacial score (nSPS) is 17.8. The molecule has 0 radical (unpaired) electrons. The van der Waals surface area contributed by atoms with Crippen LogP contribution in [0.1, 0.15) is 49.4 Å². The zero-order valence-corrected chi connectivity index (χ0v) is 12.5. The van der Waals surface area contributed by atoms with Crippen LogP contribution < -0.4 is 0 Å². The number of hydrogen-bond acceptors (Lipinski definition) is 3. The Kier molecular flexibility index (Phi) is 4.02. The molecular formula is C18H21NO2. The third-order valence-electron chi connectivity index (χ3n) is 4.36. The smallest absolute Gasteiger partial charge is 0.194 e. The van der Waals surface area contributed by atoms with E-state index in [4.69, 9.17) is 4.74 Å². The van der Waals surface area contributed by atoms with Crippen LogP contribution in [0.4, 0.5) is 0 Å². The highest BCUT2D eigenvalue weighted by Gasteiger charge is 2.40. The summed E-state index contributed by atoms with van der Waals surface area (Å²) in [5, 5.41) is 1.01. The lowest BCUT2D eigenvalue weighted by atomic mass is 9.79. The quantitative estimate of drug-likeness (QED) is 0.791. The van der Waals surface area contributed by atoms with E-state index in [1.165, 1.54) is 6.42 Å². The molecule has 0 atom stereocenters. The number of carbonyl (C=O) groups is 1. The van der Waals surface area contributed by atoms with Crippen molar-refractivity contribution in [3.63, 3.8) is 0 Å². The number of benzene rings is 1. The van der Waals surface area contributed by atoms with Gasteiger partial charge in [-0.05, 0) is 44.0 Å². The van der Waals surface area contributed by atoms with Gasteiger partial charge in [-0.15, -0.1) is 0 Å². The topological polar surface area (TPSA) is 39.2 Å². The molecule has 3 nitrogen and oxygen atoms in total. The van der Waals surface area contributed by atoms with E-state index in [1.54, 1.807) is 6.20 Å². The number of ether oxygens (including phenoxy) is 1. The summed E-state index contributed by atoms with van der Waals surface area (Å²) in [6.45, 7) is 2.55. The molecule has 1 aromatic heterocycles. The fourth-order valence-corrected chi connectivity index (χ4v) is 3.32. The van der Waals surface area contributed by atoms with Gasteiger partial charge in [0.2, 0.25) is 0 Å². The molecule has 1 heterocycles. The van der Waals surface area contributed by atoms with Crippen molar-refractivity contribution in [1.82, 2.24) is 4.98 Å². The van der Waals surface area contributed by atoms with E-state index < -0.39 is 5.60 Å². The Balaban J connectivity index is 1.97. The number of nitrogens with zero attached hydrogens (tertiary/aromatic N) is 1. The predicted octanol–water partition coefficient (Wildman–Crippen LogP) is 4.16. The lowest BCUT2D eigenvalue weighted by Gasteiger charge is -2.35. The Morgan fingerprint density at radius 3 is 2.81 bits per heavy atom. The molecule has 0 aliphatic heterocycles. The molecule has 1 aliphatic carbocycles. The molecule has 21 heavy (non-hydrogen) atoms. The highest BCUT2D eigenvalue weighted by Crippen LogP contribution is 2.35. The minimum absolute atomic E-state index is 0.134. The maximum absolute atomic E-state index is 13.0. The minimum atomic E-state index is -0.608. The van der Waals surface area contributed by atoms with Crippen LogP contribution >= 0.6 is 0 Å². The van der Waals surface area contributed by atoms with Gasteiger partial charge in [0.15, 0.2) is 5.78 Å². The molecule has 0 saturated heterocycles. The number of Topliss-reactive ketones (excluding diaryl/α,β-unsaturated/α-hetero) is 1. The Bertz CT molecular complexity index is 639. The minimum Gasteiger partial charge on any atom is -0.367 e. The molecule has 0 amide bonds. The van der Waals surface area contributed by atoms with Crippen LogP contribution in [0.3, 0.4) is 0 Å². The number of carbonyl (C=O) groups excluding carboxylic acids is 1. The molecule has 110 valence electrons. The Morgan fingerprint density at radius 1 is 1.24 bits per heavy atom. The van der Waals surface area contributed by atoms with Gasteiger partial charge in [-0.3, -0.25) is 9.78 Å². The summed E-state index contributed by atoms with van der Waals surface area (Å²) in [4.78, 5) is 17.3.